The average Bonchev–Trinajstić information content (AvgIpc) is 3.22. The summed E-state index contributed by atoms with van der Waals surface area (Å²) in [4.78, 5) is 22.5. The first-order valence-corrected chi connectivity index (χ1v) is 8.73. The van der Waals surface area contributed by atoms with Gasteiger partial charge in [-0.05, 0) is 30.3 Å². The van der Waals surface area contributed by atoms with Crippen molar-refractivity contribution in [3.63, 3.8) is 0 Å². The van der Waals surface area contributed by atoms with Gasteiger partial charge in [0.05, 0.1) is 29.8 Å². The molecular formula is C20H18N4O2. The maximum absolute atomic E-state index is 12.3. The molecule has 0 atom stereocenters. The van der Waals surface area contributed by atoms with E-state index in [1.807, 2.05) is 36.4 Å². The van der Waals surface area contributed by atoms with Crippen LogP contribution in [-0.4, -0.2) is 42.2 Å². The summed E-state index contributed by atoms with van der Waals surface area (Å²) in [6, 6.07) is 13.9. The van der Waals surface area contributed by atoms with E-state index in [1.165, 1.54) is 0 Å². The summed E-state index contributed by atoms with van der Waals surface area (Å²) in [5.41, 5.74) is 5.39. The number of fused-ring (bicyclic) bond motifs is 2. The third-order valence-electron chi connectivity index (χ3n) is 4.85. The summed E-state index contributed by atoms with van der Waals surface area (Å²) >= 11 is 0. The summed E-state index contributed by atoms with van der Waals surface area (Å²) in [7, 11) is 0. The van der Waals surface area contributed by atoms with Gasteiger partial charge in [0.25, 0.3) is 5.91 Å². The van der Waals surface area contributed by atoms with Crippen molar-refractivity contribution < 1.29 is 9.53 Å². The molecule has 1 aromatic heterocycles. The number of aromatic nitrogens is 2. The average molecular weight is 346 g/mol. The molecule has 1 fully saturated rings. The van der Waals surface area contributed by atoms with Gasteiger partial charge in [-0.2, -0.15) is 0 Å². The van der Waals surface area contributed by atoms with Crippen LogP contribution in [0.25, 0.3) is 22.7 Å². The van der Waals surface area contributed by atoms with Crippen molar-refractivity contribution in [1.82, 2.24) is 9.97 Å². The second-order valence-corrected chi connectivity index (χ2v) is 6.48. The van der Waals surface area contributed by atoms with Gasteiger partial charge < -0.3 is 19.9 Å². The van der Waals surface area contributed by atoms with Gasteiger partial charge in [0.1, 0.15) is 5.82 Å². The summed E-state index contributed by atoms with van der Waals surface area (Å²) in [5, 5.41) is 2.89. The summed E-state index contributed by atoms with van der Waals surface area (Å²) in [5.74, 6) is 0.585. The molecule has 5 rings (SSSR count). The predicted octanol–water partition coefficient (Wildman–Crippen LogP) is 2.89. The number of para-hydroxylation sites is 1. The molecule has 0 radical (unpaired) electrons. The van der Waals surface area contributed by atoms with Crippen LogP contribution in [0.4, 0.5) is 11.4 Å². The normalized spacial score (nSPS) is 18.4. The highest BCUT2D eigenvalue weighted by Crippen LogP contribution is 2.32. The van der Waals surface area contributed by atoms with Gasteiger partial charge in [-0.3, -0.25) is 4.79 Å². The zero-order valence-corrected chi connectivity index (χ0v) is 14.2. The van der Waals surface area contributed by atoms with Gasteiger partial charge in [0, 0.05) is 30.0 Å². The number of morpholine rings is 1. The zero-order chi connectivity index (χ0) is 17.5. The summed E-state index contributed by atoms with van der Waals surface area (Å²) in [6.07, 6.45) is 1.82. The van der Waals surface area contributed by atoms with Crippen LogP contribution in [-0.2, 0) is 9.53 Å². The van der Waals surface area contributed by atoms with Crippen LogP contribution in [0.5, 0.6) is 0 Å². The molecule has 3 aromatic rings. The van der Waals surface area contributed by atoms with Gasteiger partial charge in [-0.1, -0.05) is 18.2 Å². The number of ether oxygens (including phenoxy) is 1. The first-order chi connectivity index (χ1) is 12.8. The Labute approximate surface area is 150 Å². The summed E-state index contributed by atoms with van der Waals surface area (Å²) < 4.78 is 5.42. The number of hydrogen-bond donors (Lipinski definition) is 2. The number of aromatic amines is 1. The van der Waals surface area contributed by atoms with Crippen LogP contribution in [0.3, 0.4) is 0 Å². The molecule has 1 amide bonds. The topological polar surface area (TPSA) is 70.2 Å². The van der Waals surface area contributed by atoms with E-state index in [1.54, 1.807) is 0 Å². The number of anilines is 2. The van der Waals surface area contributed by atoms with Gasteiger partial charge in [-0.25, -0.2) is 4.98 Å². The van der Waals surface area contributed by atoms with Crippen LogP contribution < -0.4 is 10.2 Å². The fourth-order valence-corrected chi connectivity index (χ4v) is 3.52. The Kier molecular flexibility index (Phi) is 3.50. The monoisotopic (exact) mass is 346 g/mol. The zero-order valence-electron chi connectivity index (χ0n) is 14.2. The Bertz CT molecular complexity index is 1030. The first kappa shape index (κ1) is 15.2. The SMILES string of the molecule is O=C1Nc2ccccc2/C1=C/c1nc2cc(N3CCOCC3)ccc2[nH]1. The van der Waals surface area contributed by atoms with Crippen molar-refractivity contribution in [2.75, 3.05) is 36.5 Å². The van der Waals surface area contributed by atoms with E-state index in [9.17, 15) is 4.79 Å². The molecule has 6 heteroatoms. The molecule has 2 aromatic carbocycles. The Morgan fingerprint density at radius 1 is 1.12 bits per heavy atom. The number of nitrogens with one attached hydrogen (secondary N) is 2. The van der Waals surface area contributed by atoms with Crippen molar-refractivity contribution in [2.24, 2.45) is 0 Å². The number of benzene rings is 2. The minimum absolute atomic E-state index is 0.0966. The molecule has 3 heterocycles. The molecule has 2 N–H and O–H groups in total. The largest absolute Gasteiger partial charge is 0.378 e. The van der Waals surface area contributed by atoms with Crippen molar-refractivity contribution in [3.8, 4) is 0 Å². The Morgan fingerprint density at radius 2 is 1.96 bits per heavy atom. The molecule has 0 bridgehead atoms. The molecule has 130 valence electrons. The Morgan fingerprint density at radius 3 is 2.85 bits per heavy atom. The van der Waals surface area contributed by atoms with Crippen LogP contribution in [0.1, 0.15) is 11.4 Å². The van der Waals surface area contributed by atoms with Crippen LogP contribution in [0.15, 0.2) is 42.5 Å². The molecule has 0 unspecified atom stereocenters. The maximum atomic E-state index is 12.3. The molecule has 0 spiro atoms. The smallest absolute Gasteiger partial charge is 0.256 e. The molecule has 26 heavy (non-hydrogen) atoms. The van der Waals surface area contributed by atoms with Crippen LogP contribution in [0.2, 0.25) is 0 Å². The van der Waals surface area contributed by atoms with E-state index < -0.39 is 0 Å². The van der Waals surface area contributed by atoms with Crippen LogP contribution in [0, 0.1) is 0 Å². The van der Waals surface area contributed by atoms with Gasteiger partial charge in [-0.15, -0.1) is 0 Å². The van der Waals surface area contributed by atoms with Crippen molar-refractivity contribution in [1.29, 1.82) is 0 Å². The fraction of sp³-hybridized carbons (Fsp3) is 0.200. The Hall–Kier alpha value is -3.12. The molecule has 2 aliphatic rings. The van der Waals surface area contributed by atoms with E-state index in [4.69, 9.17) is 4.74 Å². The van der Waals surface area contributed by atoms with Gasteiger partial charge in [0.2, 0.25) is 0 Å². The van der Waals surface area contributed by atoms with Crippen molar-refractivity contribution in [2.45, 2.75) is 0 Å². The number of rotatable bonds is 2. The van der Waals surface area contributed by atoms with E-state index >= 15 is 0 Å². The number of carbonyl (C=O) groups is 1. The first-order valence-electron chi connectivity index (χ1n) is 8.73. The lowest BCUT2D eigenvalue weighted by Crippen LogP contribution is -2.36. The number of nitrogens with zero attached hydrogens (tertiary/aromatic N) is 2. The molecule has 1 saturated heterocycles. The van der Waals surface area contributed by atoms with E-state index in [0.717, 1.165) is 54.3 Å². The highest BCUT2D eigenvalue weighted by Gasteiger charge is 2.23. The predicted molar refractivity (Wildman–Crippen MR) is 102 cm³/mol. The molecule has 0 saturated carbocycles. The molecule has 2 aliphatic heterocycles. The second kappa shape index (κ2) is 6.00. The Balaban J connectivity index is 1.51. The van der Waals surface area contributed by atoms with Crippen molar-refractivity contribution in [3.05, 3.63) is 53.9 Å². The highest BCUT2D eigenvalue weighted by atomic mass is 16.5. The number of hydrogen-bond acceptors (Lipinski definition) is 4. The molecule has 0 aliphatic carbocycles. The fourth-order valence-electron chi connectivity index (χ4n) is 3.52. The lowest BCUT2D eigenvalue weighted by atomic mass is 10.1. The molecular weight excluding hydrogens is 328 g/mol. The number of amides is 1. The second-order valence-electron chi connectivity index (χ2n) is 6.48. The van der Waals surface area contributed by atoms with E-state index in [-0.39, 0.29) is 5.91 Å². The van der Waals surface area contributed by atoms with E-state index in [2.05, 4.69) is 32.3 Å². The third-order valence-corrected chi connectivity index (χ3v) is 4.85. The standard InChI is InChI=1S/C20H18N4O2/c25-20-15(14-3-1-2-4-16(14)23-20)12-19-21-17-6-5-13(11-18(17)22-19)24-7-9-26-10-8-24/h1-6,11-12H,7-10H2,(H,21,22)(H,23,25)/b15-12-. The van der Waals surface area contributed by atoms with E-state index in [0.29, 0.717) is 11.4 Å². The number of carbonyl (C=O) groups excluding carboxylic acids is 1. The minimum atomic E-state index is -0.0966. The van der Waals surface area contributed by atoms with Gasteiger partial charge >= 0.3 is 0 Å². The summed E-state index contributed by atoms with van der Waals surface area (Å²) in [6.45, 7) is 3.29. The minimum Gasteiger partial charge on any atom is -0.378 e. The number of imidazole rings is 1. The maximum Gasteiger partial charge on any atom is 0.256 e. The lowest BCUT2D eigenvalue weighted by molar-refractivity contribution is -0.110. The molecule has 6 nitrogen and oxygen atoms in total. The third kappa shape index (κ3) is 2.55. The van der Waals surface area contributed by atoms with Gasteiger partial charge in [0.15, 0.2) is 0 Å². The quantitative estimate of drug-likeness (QED) is 0.700. The van der Waals surface area contributed by atoms with Crippen molar-refractivity contribution >= 4 is 40.0 Å². The lowest BCUT2D eigenvalue weighted by Gasteiger charge is -2.28. The number of H-pyrrole nitrogens is 1. The highest BCUT2D eigenvalue weighted by molar-refractivity contribution is 6.34. The van der Waals surface area contributed by atoms with Crippen LogP contribution >= 0.6 is 0 Å².